The molecule has 4 rings (SSSR count). The summed E-state index contributed by atoms with van der Waals surface area (Å²) >= 11 is 3.58. The standard InChI is InChI=1S/C17H22BrN3O2/c18-12-4-5-14-15(11-12)21(16-3-1-2-8-23-16)20-17(14)19-13-6-9-22-10-7-13/h4-5,11,13,16H,1-3,6-10H2,(H,19,20)/t16-/m0/s1. The molecular formula is C17H22BrN3O2. The number of benzene rings is 1. The van der Waals surface area contributed by atoms with Crippen LogP contribution < -0.4 is 5.32 Å². The molecule has 6 heteroatoms. The number of nitrogens with one attached hydrogen (secondary N) is 1. The number of fused-ring (bicyclic) bond motifs is 1. The van der Waals surface area contributed by atoms with Crippen molar-refractivity contribution in [3.63, 3.8) is 0 Å². The maximum absolute atomic E-state index is 5.95. The first-order valence-electron chi connectivity index (χ1n) is 8.45. The monoisotopic (exact) mass is 379 g/mol. The maximum Gasteiger partial charge on any atom is 0.156 e. The highest BCUT2D eigenvalue weighted by atomic mass is 79.9. The second-order valence-electron chi connectivity index (χ2n) is 6.31. The van der Waals surface area contributed by atoms with Crippen LogP contribution >= 0.6 is 15.9 Å². The van der Waals surface area contributed by atoms with Crippen molar-refractivity contribution < 1.29 is 9.47 Å². The topological polar surface area (TPSA) is 48.3 Å². The molecule has 0 saturated carbocycles. The van der Waals surface area contributed by atoms with E-state index >= 15 is 0 Å². The number of hydrogen-bond acceptors (Lipinski definition) is 4. The van der Waals surface area contributed by atoms with Crippen LogP contribution in [-0.2, 0) is 9.47 Å². The van der Waals surface area contributed by atoms with E-state index < -0.39 is 0 Å². The third kappa shape index (κ3) is 3.25. The van der Waals surface area contributed by atoms with Crippen LogP contribution in [0.25, 0.3) is 10.9 Å². The van der Waals surface area contributed by atoms with Gasteiger partial charge in [-0.3, -0.25) is 0 Å². The van der Waals surface area contributed by atoms with Gasteiger partial charge in [0.05, 0.1) is 5.52 Å². The zero-order valence-electron chi connectivity index (χ0n) is 13.1. The molecule has 0 amide bonds. The van der Waals surface area contributed by atoms with E-state index in [4.69, 9.17) is 14.6 Å². The third-order valence-corrected chi connectivity index (χ3v) is 5.15. The predicted octanol–water partition coefficient (Wildman–Crippen LogP) is 4.09. The minimum atomic E-state index is 0.0470. The summed E-state index contributed by atoms with van der Waals surface area (Å²) in [5, 5.41) is 9.65. The summed E-state index contributed by atoms with van der Waals surface area (Å²) in [6, 6.07) is 6.78. The molecule has 0 radical (unpaired) electrons. The minimum Gasteiger partial charge on any atom is -0.381 e. The lowest BCUT2D eigenvalue weighted by Crippen LogP contribution is -2.28. The Hall–Kier alpha value is -1.11. The highest BCUT2D eigenvalue weighted by Gasteiger charge is 2.23. The van der Waals surface area contributed by atoms with Crippen molar-refractivity contribution >= 4 is 32.7 Å². The number of anilines is 1. The maximum atomic E-state index is 5.95. The molecule has 0 unspecified atom stereocenters. The van der Waals surface area contributed by atoms with Gasteiger partial charge in [0.1, 0.15) is 0 Å². The van der Waals surface area contributed by atoms with Crippen molar-refractivity contribution in [2.45, 2.75) is 44.4 Å². The van der Waals surface area contributed by atoms with E-state index in [1.54, 1.807) is 0 Å². The first-order valence-corrected chi connectivity index (χ1v) is 9.24. The van der Waals surface area contributed by atoms with E-state index in [2.05, 4.69) is 44.1 Å². The molecule has 124 valence electrons. The van der Waals surface area contributed by atoms with Gasteiger partial charge in [0.25, 0.3) is 0 Å². The summed E-state index contributed by atoms with van der Waals surface area (Å²) in [5.41, 5.74) is 1.13. The zero-order chi connectivity index (χ0) is 15.6. The smallest absolute Gasteiger partial charge is 0.156 e. The van der Waals surface area contributed by atoms with E-state index in [-0.39, 0.29) is 6.23 Å². The molecule has 5 nitrogen and oxygen atoms in total. The van der Waals surface area contributed by atoms with Crippen molar-refractivity contribution in [2.24, 2.45) is 0 Å². The summed E-state index contributed by atoms with van der Waals surface area (Å²) in [7, 11) is 0. The van der Waals surface area contributed by atoms with Gasteiger partial charge >= 0.3 is 0 Å². The summed E-state index contributed by atoms with van der Waals surface area (Å²) in [6.45, 7) is 2.48. The van der Waals surface area contributed by atoms with Crippen LogP contribution in [0.3, 0.4) is 0 Å². The molecule has 1 atom stereocenters. The number of ether oxygens (including phenoxy) is 2. The number of halogens is 1. The molecule has 0 bridgehead atoms. The van der Waals surface area contributed by atoms with Gasteiger partial charge < -0.3 is 14.8 Å². The van der Waals surface area contributed by atoms with Gasteiger partial charge in [0.2, 0.25) is 0 Å². The summed E-state index contributed by atoms with van der Waals surface area (Å²) < 4.78 is 14.5. The molecule has 1 aromatic carbocycles. The number of hydrogen-bond donors (Lipinski definition) is 1. The molecule has 3 heterocycles. The Morgan fingerprint density at radius 3 is 2.78 bits per heavy atom. The van der Waals surface area contributed by atoms with E-state index in [1.807, 2.05) is 0 Å². The second-order valence-corrected chi connectivity index (χ2v) is 7.22. The fourth-order valence-electron chi connectivity index (χ4n) is 3.39. The van der Waals surface area contributed by atoms with Crippen LogP contribution in [0.5, 0.6) is 0 Å². The quantitative estimate of drug-likeness (QED) is 0.872. The predicted molar refractivity (Wildman–Crippen MR) is 93.7 cm³/mol. The fourth-order valence-corrected chi connectivity index (χ4v) is 3.74. The lowest BCUT2D eigenvalue weighted by molar-refractivity contribution is -0.0365. The molecule has 2 aliphatic heterocycles. The molecule has 1 aromatic heterocycles. The Morgan fingerprint density at radius 2 is 2.00 bits per heavy atom. The zero-order valence-corrected chi connectivity index (χ0v) is 14.7. The van der Waals surface area contributed by atoms with E-state index in [0.29, 0.717) is 6.04 Å². The lowest BCUT2D eigenvalue weighted by atomic mass is 10.1. The Labute approximate surface area is 144 Å². The highest BCUT2D eigenvalue weighted by molar-refractivity contribution is 9.10. The molecule has 0 spiro atoms. The van der Waals surface area contributed by atoms with Crippen LogP contribution in [0.4, 0.5) is 5.82 Å². The summed E-state index contributed by atoms with van der Waals surface area (Å²) in [6.07, 6.45) is 5.48. The van der Waals surface area contributed by atoms with Gasteiger partial charge in [-0.2, -0.15) is 5.10 Å². The van der Waals surface area contributed by atoms with Crippen LogP contribution in [0, 0.1) is 0 Å². The van der Waals surface area contributed by atoms with Gasteiger partial charge in [-0.15, -0.1) is 0 Å². The van der Waals surface area contributed by atoms with E-state index in [9.17, 15) is 0 Å². The van der Waals surface area contributed by atoms with Crippen LogP contribution in [0.1, 0.15) is 38.3 Å². The van der Waals surface area contributed by atoms with Gasteiger partial charge in [-0.25, -0.2) is 4.68 Å². The number of nitrogens with zero attached hydrogens (tertiary/aromatic N) is 2. The molecule has 0 aliphatic carbocycles. The summed E-state index contributed by atoms with van der Waals surface area (Å²) in [4.78, 5) is 0. The Balaban J connectivity index is 1.69. The first kappa shape index (κ1) is 15.4. The third-order valence-electron chi connectivity index (χ3n) is 4.66. The normalized spacial score (nSPS) is 23.3. The van der Waals surface area contributed by atoms with Crippen molar-refractivity contribution in [1.29, 1.82) is 0 Å². The van der Waals surface area contributed by atoms with E-state index in [0.717, 1.165) is 66.7 Å². The Bertz CT molecular complexity index is 676. The van der Waals surface area contributed by atoms with Gasteiger partial charge in [-0.1, -0.05) is 15.9 Å². The molecule has 2 fully saturated rings. The van der Waals surface area contributed by atoms with Crippen LogP contribution in [0.15, 0.2) is 22.7 Å². The number of rotatable bonds is 3. The van der Waals surface area contributed by atoms with Crippen LogP contribution in [0.2, 0.25) is 0 Å². The molecule has 1 N–H and O–H groups in total. The van der Waals surface area contributed by atoms with Crippen molar-refractivity contribution in [2.75, 3.05) is 25.1 Å². The molecule has 2 aliphatic rings. The van der Waals surface area contributed by atoms with Crippen molar-refractivity contribution in [3.05, 3.63) is 22.7 Å². The van der Waals surface area contributed by atoms with Gasteiger partial charge in [0, 0.05) is 35.7 Å². The van der Waals surface area contributed by atoms with E-state index in [1.165, 1.54) is 6.42 Å². The Morgan fingerprint density at radius 1 is 1.13 bits per heavy atom. The average Bonchev–Trinajstić information content (AvgIpc) is 2.94. The number of aromatic nitrogens is 2. The fraction of sp³-hybridized carbons (Fsp3) is 0.588. The molecule has 23 heavy (non-hydrogen) atoms. The average molecular weight is 380 g/mol. The molecular weight excluding hydrogens is 358 g/mol. The largest absolute Gasteiger partial charge is 0.381 e. The van der Waals surface area contributed by atoms with Gasteiger partial charge in [-0.05, 0) is 50.3 Å². The van der Waals surface area contributed by atoms with Gasteiger partial charge in [0.15, 0.2) is 12.0 Å². The van der Waals surface area contributed by atoms with Crippen LogP contribution in [-0.4, -0.2) is 35.6 Å². The minimum absolute atomic E-state index is 0.0470. The SMILES string of the molecule is Brc1ccc2c(NC3CCOCC3)nn([C@@H]3CCCCO3)c2c1. The highest BCUT2D eigenvalue weighted by Crippen LogP contribution is 2.32. The summed E-state index contributed by atoms with van der Waals surface area (Å²) in [5.74, 6) is 0.966. The second kappa shape index (κ2) is 6.79. The lowest BCUT2D eigenvalue weighted by Gasteiger charge is -2.24. The van der Waals surface area contributed by atoms with Crippen molar-refractivity contribution in [3.8, 4) is 0 Å². The first-order chi connectivity index (χ1) is 11.3. The Kier molecular flexibility index (Phi) is 4.55. The molecule has 2 aromatic rings. The molecule has 2 saturated heterocycles. The van der Waals surface area contributed by atoms with Crippen molar-refractivity contribution in [1.82, 2.24) is 9.78 Å².